The number of hydrogen-bond acceptors (Lipinski definition) is 2. The molecular weight excluding hydrogens is 138 g/mol. The second-order valence-corrected chi connectivity index (χ2v) is 4.29. The van der Waals surface area contributed by atoms with Crippen molar-refractivity contribution in [3.8, 4) is 0 Å². The van der Waals surface area contributed by atoms with Gasteiger partial charge in [-0.3, -0.25) is 0 Å². The van der Waals surface area contributed by atoms with Crippen LogP contribution in [-0.4, -0.2) is 38.8 Å². The summed E-state index contributed by atoms with van der Waals surface area (Å²) < 4.78 is 4.99. The predicted molar refractivity (Wildman–Crippen MR) is 48.8 cm³/mol. The first-order valence-electron chi connectivity index (χ1n) is 4.13. The second kappa shape index (κ2) is 4.73. The van der Waals surface area contributed by atoms with Crippen LogP contribution in [0.3, 0.4) is 0 Å². The molecule has 2 nitrogen and oxygen atoms in total. The van der Waals surface area contributed by atoms with Crippen molar-refractivity contribution in [1.82, 2.24) is 4.90 Å². The summed E-state index contributed by atoms with van der Waals surface area (Å²) in [6, 6.07) is 0. The van der Waals surface area contributed by atoms with Crippen LogP contribution in [0, 0.1) is 5.41 Å². The van der Waals surface area contributed by atoms with Gasteiger partial charge in [0.15, 0.2) is 0 Å². The van der Waals surface area contributed by atoms with Crippen LogP contribution < -0.4 is 0 Å². The molecule has 11 heavy (non-hydrogen) atoms. The van der Waals surface area contributed by atoms with Crippen LogP contribution in [0.4, 0.5) is 0 Å². The summed E-state index contributed by atoms with van der Waals surface area (Å²) in [5.74, 6) is 0. The number of rotatable bonds is 4. The van der Waals surface area contributed by atoms with Gasteiger partial charge in [-0.05, 0) is 12.5 Å². The van der Waals surface area contributed by atoms with Gasteiger partial charge in [0.05, 0.1) is 6.61 Å². The Hall–Kier alpha value is -0.0800. The van der Waals surface area contributed by atoms with Gasteiger partial charge in [0.2, 0.25) is 0 Å². The highest BCUT2D eigenvalue weighted by Gasteiger charge is 2.12. The normalized spacial score (nSPS) is 12.5. The Kier molecular flexibility index (Phi) is 4.69. The van der Waals surface area contributed by atoms with Crippen molar-refractivity contribution in [3.63, 3.8) is 0 Å². The molecule has 0 aliphatic rings. The Labute approximate surface area is 70.5 Å². The topological polar surface area (TPSA) is 12.5 Å². The predicted octanol–water partition coefficient (Wildman–Crippen LogP) is 1.61. The fraction of sp³-hybridized carbons (Fsp3) is 1.00. The maximum absolute atomic E-state index is 4.99. The molecular formula is C9H21NO. The first-order chi connectivity index (χ1) is 4.95. The zero-order valence-corrected chi connectivity index (χ0v) is 8.48. The van der Waals surface area contributed by atoms with E-state index in [1.807, 2.05) is 0 Å². The van der Waals surface area contributed by atoms with Crippen LogP contribution in [-0.2, 0) is 4.74 Å². The maximum atomic E-state index is 4.99. The Balaban J connectivity index is 3.44. The average molecular weight is 159 g/mol. The van der Waals surface area contributed by atoms with E-state index in [0.717, 1.165) is 19.7 Å². The van der Waals surface area contributed by atoms with Crippen LogP contribution in [0.2, 0.25) is 0 Å². The first-order valence-corrected chi connectivity index (χ1v) is 4.13. The van der Waals surface area contributed by atoms with Crippen LogP contribution in [0.25, 0.3) is 0 Å². The maximum Gasteiger partial charge on any atom is 0.0589 e. The fourth-order valence-corrected chi connectivity index (χ4v) is 1.14. The summed E-state index contributed by atoms with van der Waals surface area (Å²) in [4.78, 5) is 2.30. The molecule has 0 spiro atoms. The van der Waals surface area contributed by atoms with Crippen molar-refractivity contribution in [3.05, 3.63) is 0 Å². The van der Waals surface area contributed by atoms with Crippen molar-refractivity contribution < 1.29 is 4.74 Å². The van der Waals surface area contributed by atoms with E-state index in [-0.39, 0.29) is 0 Å². The number of hydrogen-bond donors (Lipinski definition) is 0. The first kappa shape index (κ1) is 10.9. The molecule has 2 heteroatoms. The van der Waals surface area contributed by atoms with Gasteiger partial charge in [-0.25, -0.2) is 0 Å². The summed E-state index contributed by atoms with van der Waals surface area (Å²) in [6.45, 7) is 9.71. The van der Waals surface area contributed by atoms with Crippen molar-refractivity contribution >= 4 is 0 Å². The molecule has 0 aromatic carbocycles. The molecule has 0 fully saturated rings. The van der Waals surface area contributed by atoms with Crippen molar-refractivity contribution in [2.75, 3.05) is 33.9 Å². The second-order valence-electron chi connectivity index (χ2n) is 4.29. The van der Waals surface area contributed by atoms with Crippen LogP contribution >= 0.6 is 0 Å². The molecule has 0 aromatic heterocycles. The Morgan fingerprint density at radius 2 is 1.82 bits per heavy atom. The number of ether oxygens (including phenoxy) is 1. The third kappa shape index (κ3) is 7.82. The minimum absolute atomic E-state index is 0.391. The summed E-state index contributed by atoms with van der Waals surface area (Å²) >= 11 is 0. The molecule has 0 heterocycles. The summed E-state index contributed by atoms with van der Waals surface area (Å²) in [5, 5.41) is 0. The zero-order chi connectivity index (χ0) is 8.91. The number of methoxy groups -OCH3 is 1. The van der Waals surface area contributed by atoms with E-state index >= 15 is 0 Å². The van der Waals surface area contributed by atoms with Gasteiger partial charge in [-0.2, -0.15) is 0 Å². The van der Waals surface area contributed by atoms with Gasteiger partial charge in [-0.1, -0.05) is 20.8 Å². The quantitative estimate of drug-likeness (QED) is 0.618. The molecule has 0 bridgehead atoms. The van der Waals surface area contributed by atoms with Gasteiger partial charge >= 0.3 is 0 Å². The molecule has 0 saturated heterocycles. The van der Waals surface area contributed by atoms with Gasteiger partial charge < -0.3 is 9.64 Å². The van der Waals surface area contributed by atoms with Gasteiger partial charge in [0.1, 0.15) is 0 Å². The minimum atomic E-state index is 0.391. The molecule has 0 rings (SSSR count). The SMILES string of the molecule is COCCN(C)CC(C)(C)C. The van der Waals surface area contributed by atoms with E-state index in [4.69, 9.17) is 4.74 Å². The van der Waals surface area contributed by atoms with Crippen molar-refractivity contribution in [1.29, 1.82) is 0 Å². The van der Waals surface area contributed by atoms with E-state index in [1.54, 1.807) is 7.11 Å². The lowest BCUT2D eigenvalue weighted by molar-refractivity contribution is 0.141. The molecule has 0 atom stereocenters. The van der Waals surface area contributed by atoms with Crippen LogP contribution in [0.1, 0.15) is 20.8 Å². The molecule has 68 valence electrons. The molecule has 0 unspecified atom stereocenters. The Morgan fingerprint density at radius 3 is 2.18 bits per heavy atom. The van der Waals surface area contributed by atoms with Crippen molar-refractivity contribution in [2.24, 2.45) is 5.41 Å². The van der Waals surface area contributed by atoms with E-state index in [2.05, 4.69) is 32.7 Å². The molecule has 0 aromatic rings. The zero-order valence-electron chi connectivity index (χ0n) is 8.48. The highest BCUT2D eigenvalue weighted by atomic mass is 16.5. The molecule has 0 aliphatic heterocycles. The molecule has 0 radical (unpaired) electrons. The van der Waals surface area contributed by atoms with Gasteiger partial charge in [-0.15, -0.1) is 0 Å². The highest BCUT2D eigenvalue weighted by molar-refractivity contribution is 4.65. The molecule has 0 amide bonds. The lowest BCUT2D eigenvalue weighted by Gasteiger charge is -2.26. The van der Waals surface area contributed by atoms with Crippen LogP contribution in [0.5, 0.6) is 0 Å². The largest absolute Gasteiger partial charge is 0.383 e. The summed E-state index contributed by atoms with van der Waals surface area (Å²) in [5.41, 5.74) is 0.391. The van der Waals surface area contributed by atoms with Crippen LogP contribution in [0.15, 0.2) is 0 Å². The molecule has 0 N–H and O–H groups in total. The molecule has 0 aliphatic carbocycles. The summed E-state index contributed by atoms with van der Waals surface area (Å²) in [6.07, 6.45) is 0. The number of nitrogens with zero attached hydrogens (tertiary/aromatic N) is 1. The third-order valence-corrected chi connectivity index (χ3v) is 1.42. The fourth-order valence-electron chi connectivity index (χ4n) is 1.14. The average Bonchev–Trinajstić information content (AvgIpc) is 1.79. The standard InChI is InChI=1S/C9H21NO/c1-9(2,3)8-10(4)6-7-11-5/h6-8H2,1-5H3. The van der Waals surface area contributed by atoms with E-state index < -0.39 is 0 Å². The molecule has 0 saturated carbocycles. The highest BCUT2D eigenvalue weighted by Crippen LogP contribution is 2.13. The van der Waals surface area contributed by atoms with E-state index in [0.29, 0.717) is 5.41 Å². The lowest BCUT2D eigenvalue weighted by atomic mass is 9.96. The van der Waals surface area contributed by atoms with Crippen molar-refractivity contribution in [2.45, 2.75) is 20.8 Å². The summed E-state index contributed by atoms with van der Waals surface area (Å²) in [7, 11) is 3.87. The number of likely N-dealkylation sites (N-methyl/N-ethyl adjacent to an activating group) is 1. The Morgan fingerprint density at radius 1 is 1.27 bits per heavy atom. The third-order valence-electron chi connectivity index (χ3n) is 1.42. The lowest BCUT2D eigenvalue weighted by Crippen LogP contribution is -2.31. The Bertz CT molecular complexity index is 96.2. The van der Waals surface area contributed by atoms with E-state index in [9.17, 15) is 0 Å². The smallest absolute Gasteiger partial charge is 0.0589 e. The van der Waals surface area contributed by atoms with Gasteiger partial charge in [0.25, 0.3) is 0 Å². The minimum Gasteiger partial charge on any atom is -0.383 e. The monoisotopic (exact) mass is 159 g/mol. The van der Waals surface area contributed by atoms with E-state index in [1.165, 1.54) is 0 Å². The van der Waals surface area contributed by atoms with Gasteiger partial charge in [0, 0.05) is 20.2 Å².